The standard InChI is InChI=1S/C19H20F3N3O4/c1-12-9-13(2)23-15(10-12)24-18(17(27)28-3,19(20,21)22)25-16(26)11-29-14-7-5-4-6-8-14/h4-10H,11H2,1-3H3,(H,23,24)(H,25,26)/p+1/t18-/m0/s1. The van der Waals surface area contributed by atoms with Crippen molar-refractivity contribution in [3.63, 3.8) is 0 Å². The lowest BCUT2D eigenvalue weighted by Gasteiger charge is -2.30. The summed E-state index contributed by atoms with van der Waals surface area (Å²) in [5.74, 6) is -2.75. The van der Waals surface area contributed by atoms with Crippen LogP contribution in [0.15, 0.2) is 42.5 Å². The summed E-state index contributed by atoms with van der Waals surface area (Å²) in [7, 11) is 0.794. The van der Waals surface area contributed by atoms with Crippen LogP contribution in [0.2, 0.25) is 0 Å². The Morgan fingerprint density at radius 1 is 1.10 bits per heavy atom. The highest BCUT2D eigenvalue weighted by atomic mass is 19.4. The van der Waals surface area contributed by atoms with Gasteiger partial charge in [-0.25, -0.2) is 15.1 Å². The van der Waals surface area contributed by atoms with Crippen LogP contribution in [0.25, 0.3) is 0 Å². The lowest BCUT2D eigenvalue weighted by atomic mass is 10.1. The number of esters is 1. The van der Waals surface area contributed by atoms with Crippen molar-refractivity contribution in [1.82, 2.24) is 5.32 Å². The molecule has 1 aromatic heterocycles. The highest BCUT2D eigenvalue weighted by molar-refractivity contribution is 5.91. The summed E-state index contributed by atoms with van der Waals surface area (Å²) in [5.41, 5.74) is -2.33. The molecule has 0 spiro atoms. The maximum atomic E-state index is 14.0. The van der Waals surface area contributed by atoms with E-state index in [0.29, 0.717) is 11.3 Å². The van der Waals surface area contributed by atoms with Gasteiger partial charge in [-0.1, -0.05) is 18.2 Å². The Kier molecular flexibility index (Phi) is 6.68. The molecule has 1 atom stereocenters. The summed E-state index contributed by atoms with van der Waals surface area (Å²) in [6.45, 7) is 2.57. The highest BCUT2D eigenvalue weighted by Gasteiger charge is 2.67. The second-order valence-corrected chi connectivity index (χ2v) is 6.27. The molecule has 29 heavy (non-hydrogen) atoms. The van der Waals surface area contributed by atoms with E-state index in [1.807, 2.05) is 0 Å². The number of methoxy groups -OCH3 is 1. The van der Waals surface area contributed by atoms with E-state index in [1.165, 1.54) is 18.2 Å². The van der Waals surface area contributed by atoms with E-state index < -0.39 is 30.3 Å². The molecule has 0 aliphatic carbocycles. The smallest absolute Gasteiger partial charge is 0.464 e. The normalized spacial score (nSPS) is 13.2. The number of ether oxygens (including phenoxy) is 2. The zero-order valence-corrected chi connectivity index (χ0v) is 16.0. The fourth-order valence-electron chi connectivity index (χ4n) is 2.62. The second-order valence-electron chi connectivity index (χ2n) is 6.27. The Morgan fingerprint density at radius 2 is 1.76 bits per heavy atom. The molecule has 0 saturated carbocycles. The predicted octanol–water partition coefficient (Wildman–Crippen LogP) is 2.16. The predicted molar refractivity (Wildman–Crippen MR) is 97.0 cm³/mol. The van der Waals surface area contributed by atoms with Crippen LogP contribution in [0.3, 0.4) is 0 Å². The van der Waals surface area contributed by atoms with Crippen LogP contribution in [0.4, 0.5) is 19.0 Å². The third kappa shape index (κ3) is 5.37. The summed E-state index contributed by atoms with van der Waals surface area (Å²) in [4.78, 5) is 27.1. The first-order chi connectivity index (χ1) is 13.6. The molecule has 0 saturated heterocycles. The van der Waals surface area contributed by atoms with Crippen LogP contribution in [-0.4, -0.2) is 37.4 Å². The molecule has 0 radical (unpaired) electrons. The minimum absolute atomic E-state index is 0.130. The van der Waals surface area contributed by atoms with Gasteiger partial charge in [0.1, 0.15) is 5.75 Å². The molecule has 1 aromatic carbocycles. The SMILES string of the molecule is COC(=O)[C@@](NC(=O)COc1ccccc1)(Nc1cc(C)cc(C)[nH+]1)C(F)(F)F. The number of aryl methyl sites for hydroxylation is 2. The van der Waals surface area contributed by atoms with Crippen LogP contribution in [0.1, 0.15) is 11.3 Å². The van der Waals surface area contributed by atoms with E-state index in [9.17, 15) is 22.8 Å². The molecule has 0 aliphatic rings. The van der Waals surface area contributed by atoms with Gasteiger partial charge in [-0.15, -0.1) is 0 Å². The van der Waals surface area contributed by atoms with E-state index in [-0.39, 0.29) is 11.6 Å². The van der Waals surface area contributed by atoms with Gasteiger partial charge in [-0.2, -0.15) is 13.2 Å². The molecule has 2 aromatic rings. The van der Waals surface area contributed by atoms with Crippen molar-refractivity contribution in [3.8, 4) is 5.75 Å². The Morgan fingerprint density at radius 3 is 2.31 bits per heavy atom. The average molecular weight is 412 g/mol. The van der Waals surface area contributed by atoms with E-state index in [0.717, 1.165) is 7.11 Å². The number of anilines is 1. The van der Waals surface area contributed by atoms with Crippen LogP contribution >= 0.6 is 0 Å². The molecule has 0 bridgehead atoms. The molecule has 10 heteroatoms. The highest BCUT2D eigenvalue weighted by Crippen LogP contribution is 2.32. The first-order valence-corrected chi connectivity index (χ1v) is 8.50. The topological polar surface area (TPSA) is 90.8 Å². The van der Waals surface area contributed by atoms with Crippen molar-refractivity contribution in [2.45, 2.75) is 25.7 Å². The number of nitrogens with one attached hydrogen (secondary N) is 3. The average Bonchev–Trinajstić information content (AvgIpc) is 2.64. The molecule has 0 aliphatic heterocycles. The number of H-pyrrole nitrogens is 1. The third-order valence-corrected chi connectivity index (χ3v) is 3.83. The summed E-state index contributed by atoms with van der Waals surface area (Å²) in [6, 6.07) is 11.1. The van der Waals surface area contributed by atoms with Crippen LogP contribution in [0, 0.1) is 13.8 Å². The molecular weight excluding hydrogens is 391 g/mol. The Hall–Kier alpha value is -3.30. The van der Waals surface area contributed by atoms with Gasteiger partial charge in [0.25, 0.3) is 11.7 Å². The van der Waals surface area contributed by atoms with Gasteiger partial charge in [0.2, 0.25) is 0 Å². The number of benzene rings is 1. The van der Waals surface area contributed by atoms with Gasteiger partial charge in [0, 0.05) is 6.07 Å². The second kappa shape index (κ2) is 8.80. The number of hydrogen-bond acceptors (Lipinski definition) is 5. The van der Waals surface area contributed by atoms with Crippen molar-refractivity contribution in [1.29, 1.82) is 0 Å². The Labute approximate surface area is 165 Å². The van der Waals surface area contributed by atoms with Crippen molar-refractivity contribution in [2.75, 3.05) is 19.0 Å². The van der Waals surface area contributed by atoms with Crippen molar-refractivity contribution in [2.24, 2.45) is 0 Å². The number of hydrogen-bond donors (Lipinski definition) is 2. The minimum Gasteiger partial charge on any atom is -0.484 e. The summed E-state index contributed by atoms with van der Waals surface area (Å²) in [6.07, 6.45) is -5.23. The van der Waals surface area contributed by atoms with E-state index in [2.05, 4.69) is 15.0 Å². The first-order valence-electron chi connectivity index (χ1n) is 8.50. The largest absolute Gasteiger partial charge is 0.484 e. The fourth-order valence-corrected chi connectivity index (χ4v) is 2.62. The molecule has 7 nitrogen and oxygen atoms in total. The van der Waals surface area contributed by atoms with E-state index in [4.69, 9.17) is 4.74 Å². The monoisotopic (exact) mass is 412 g/mol. The molecule has 1 heterocycles. The molecule has 0 fully saturated rings. The number of alkyl halides is 3. The number of amides is 1. The van der Waals surface area contributed by atoms with Crippen molar-refractivity contribution < 1.29 is 37.2 Å². The van der Waals surface area contributed by atoms with Gasteiger partial charge >= 0.3 is 17.8 Å². The van der Waals surface area contributed by atoms with Gasteiger partial charge in [-0.05, 0) is 37.6 Å². The van der Waals surface area contributed by atoms with Crippen LogP contribution in [-0.2, 0) is 14.3 Å². The zero-order valence-electron chi connectivity index (χ0n) is 16.0. The van der Waals surface area contributed by atoms with Gasteiger partial charge in [0.05, 0.1) is 12.8 Å². The summed E-state index contributed by atoms with van der Waals surface area (Å²) in [5, 5.41) is 3.74. The zero-order chi connectivity index (χ0) is 21.7. The summed E-state index contributed by atoms with van der Waals surface area (Å²) >= 11 is 0. The first kappa shape index (κ1) is 22.0. The van der Waals surface area contributed by atoms with Gasteiger partial charge in [-0.3, -0.25) is 10.1 Å². The lowest BCUT2D eigenvalue weighted by molar-refractivity contribution is -0.372. The maximum absolute atomic E-state index is 14.0. The molecule has 3 N–H and O–H groups in total. The summed E-state index contributed by atoms with van der Waals surface area (Å²) < 4.78 is 51.5. The molecule has 1 amide bonds. The molecule has 156 valence electrons. The number of aromatic nitrogens is 1. The third-order valence-electron chi connectivity index (χ3n) is 3.83. The van der Waals surface area contributed by atoms with E-state index >= 15 is 0 Å². The molecular formula is C19H21F3N3O4+. The van der Waals surface area contributed by atoms with Crippen molar-refractivity contribution >= 4 is 17.7 Å². The quantitative estimate of drug-likeness (QED) is 0.537. The van der Waals surface area contributed by atoms with Crippen LogP contribution < -0.4 is 20.4 Å². The number of para-hydroxylation sites is 1. The number of rotatable bonds is 7. The minimum atomic E-state index is -5.23. The number of carbonyl (C=O) groups excluding carboxylic acids is 2. The Bertz CT molecular complexity index is 854. The molecule has 0 unspecified atom stereocenters. The number of aromatic amines is 1. The number of carbonyl (C=O) groups is 2. The number of pyridine rings is 1. The maximum Gasteiger partial charge on any atom is 0.464 e. The van der Waals surface area contributed by atoms with E-state index in [1.54, 1.807) is 43.4 Å². The lowest BCUT2D eigenvalue weighted by Crippen LogP contribution is -2.70. The van der Waals surface area contributed by atoms with Gasteiger partial charge in [0.15, 0.2) is 6.61 Å². The van der Waals surface area contributed by atoms with Gasteiger partial charge < -0.3 is 9.47 Å². The Balaban J connectivity index is 2.32. The van der Waals surface area contributed by atoms with Crippen LogP contribution in [0.5, 0.6) is 5.75 Å². The number of halogens is 3. The van der Waals surface area contributed by atoms with Crippen molar-refractivity contribution in [3.05, 3.63) is 53.7 Å². The molecule has 2 rings (SSSR count). The fraction of sp³-hybridized carbons (Fsp3) is 0.316.